The Balaban J connectivity index is 1.62. The summed E-state index contributed by atoms with van der Waals surface area (Å²) in [6, 6.07) is 9.57. The predicted molar refractivity (Wildman–Crippen MR) is 104 cm³/mol. The van der Waals surface area contributed by atoms with Gasteiger partial charge in [0.25, 0.3) is 0 Å². The first-order valence-electron chi connectivity index (χ1n) is 9.23. The van der Waals surface area contributed by atoms with Crippen molar-refractivity contribution in [3.05, 3.63) is 59.4 Å². The Bertz CT molecular complexity index is 866. The van der Waals surface area contributed by atoms with Gasteiger partial charge in [-0.2, -0.15) is 5.10 Å². The number of amides is 1. The number of esters is 1. The van der Waals surface area contributed by atoms with E-state index in [1.54, 1.807) is 17.2 Å². The minimum atomic E-state index is -0.542. The van der Waals surface area contributed by atoms with E-state index in [4.69, 9.17) is 9.47 Å². The van der Waals surface area contributed by atoms with Gasteiger partial charge in [0, 0.05) is 18.2 Å². The van der Waals surface area contributed by atoms with E-state index in [1.165, 1.54) is 6.08 Å². The molecule has 7 nitrogen and oxygen atoms in total. The summed E-state index contributed by atoms with van der Waals surface area (Å²) >= 11 is 0. The molecule has 0 unspecified atom stereocenters. The topological polar surface area (TPSA) is 73.7 Å². The SMILES string of the molecule is CC(C)(C)OC(=O)/C=C/c1cnn2c1CN(C(=O)OCc1ccccc1)CC2. The van der Waals surface area contributed by atoms with Crippen LogP contribution in [0.5, 0.6) is 0 Å². The van der Waals surface area contributed by atoms with Gasteiger partial charge < -0.3 is 14.4 Å². The molecule has 0 fully saturated rings. The summed E-state index contributed by atoms with van der Waals surface area (Å²) in [7, 11) is 0. The molecular formula is C21H25N3O4. The normalized spacial score (nSPS) is 14.0. The Kier molecular flexibility index (Phi) is 5.82. The zero-order chi connectivity index (χ0) is 20.1. The van der Waals surface area contributed by atoms with E-state index in [1.807, 2.05) is 55.8 Å². The smallest absolute Gasteiger partial charge is 0.410 e. The van der Waals surface area contributed by atoms with E-state index in [0.29, 0.717) is 19.6 Å². The van der Waals surface area contributed by atoms with Crippen molar-refractivity contribution < 1.29 is 19.1 Å². The average molecular weight is 383 g/mol. The molecular weight excluding hydrogens is 358 g/mol. The lowest BCUT2D eigenvalue weighted by Crippen LogP contribution is -2.38. The number of carbonyl (C=O) groups excluding carboxylic acids is 2. The summed E-state index contributed by atoms with van der Waals surface area (Å²) < 4.78 is 12.5. The highest BCUT2D eigenvalue weighted by Gasteiger charge is 2.24. The second-order valence-corrected chi connectivity index (χ2v) is 7.60. The molecule has 0 N–H and O–H groups in total. The average Bonchev–Trinajstić information content (AvgIpc) is 3.06. The number of benzene rings is 1. The van der Waals surface area contributed by atoms with Crippen molar-refractivity contribution >= 4 is 18.1 Å². The Morgan fingerprint density at radius 1 is 1.18 bits per heavy atom. The molecule has 0 saturated heterocycles. The van der Waals surface area contributed by atoms with Gasteiger partial charge >= 0.3 is 12.1 Å². The number of hydrogen-bond acceptors (Lipinski definition) is 5. The highest BCUT2D eigenvalue weighted by Crippen LogP contribution is 2.19. The number of carbonyl (C=O) groups is 2. The number of ether oxygens (including phenoxy) is 2. The number of nitrogens with zero attached hydrogens (tertiary/aromatic N) is 3. The summed E-state index contributed by atoms with van der Waals surface area (Å²) in [5, 5.41) is 4.33. The molecule has 28 heavy (non-hydrogen) atoms. The van der Waals surface area contributed by atoms with E-state index in [0.717, 1.165) is 16.8 Å². The van der Waals surface area contributed by atoms with E-state index in [2.05, 4.69) is 5.10 Å². The Labute approximate surface area is 164 Å². The molecule has 7 heteroatoms. The van der Waals surface area contributed by atoms with Crippen molar-refractivity contribution in [1.82, 2.24) is 14.7 Å². The Morgan fingerprint density at radius 3 is 2.64 bits per heavy atom. The van der Waals surface area contributed by atoms with E-state index in [-0.39, 0.29) is 12.7 Å². The maximum atomic E-state index is 12.4. The van der Waals surface area contributed by atoms with Crippen LogP contribution in [0.1, 0.15) is 37.6 Å². The zero-order valence-electron chi connectivity index (χ0n) is 16.4. The van der Waals surface area contributed by atoms with Crippen molar-refractivity contribution in [3.63, 3.8) is 0 Å². The van der Waals surface area contributed by atoms with Crippen LogP contribution in [0.25, 0.3) is 6.08 Å². The molecule has 0 radical (unpaired) electrons. The second-order valence-electron chi connectivity index (χ2n) is 7.60. The van der Waals surface area contributed by atoms with Crippen molar-refractivity contribution in [2.75, 3.05) is 6.54 Å². The Hall–Kier alpha value is -3.09. The van der Waals surface area contributed by atoms with Crippen molar-refractivity contribution in [2.24, 2.45) is 0 Å². The summed E-state index contributed by atoms with van der Waals surface area (Å²) in [5.74, 6) is -0.414. The monoisotopic (exact) mass is 383 g/mol. The van der Waals surface area contributed by atoms with Crippen LogP contribution in [0, 0.1) is 0 Å². The van der Waals surface area contributed by atoms with Crippen LogP contribution in [-0.2, 0) is 34.0 Å². The first-order chi connectivity index (χ1) is 13.3. The van der Waals surface area contributed by atoms with Gasteiger partial charge in [0.2, 0.25) is 0 Å². The summed E-state index contributed by atoms with van der Waals surface area (Å²) in [5.41, 5.74) is 2.05. The molecule has 0 aliphatic carbocycles. The molecule has 1 aromatic carbocycles. The van der Waals surface area contributed by atoms with Crippen molar-refractivity contribution in [3.8, 4) is 0 Å². The fourth-order valence-electron chi connectivity index (χ4n) is 2.87. The number of hydrogen-bond donors (Lipinski definition) is 0. The third-order valence-electron chi connectivity index (χ3n) is 4.17. The standard InChI is InChI=1S/C21H25N3O4/c1-21(2,3)28-19(25)10-9-17-13-22-24-12-11-23(14-18(17)24)20(26)27-15-16-7-5-4-6-8-16/h4-10,13H,11-12,14-15H2,1-3H3/b10-9+. The first kappa shape index (κ1) is 19.7. The second kappa shape index (κ2) is 8.29. The minimum Gasteiger partial charge on any atom is -0.457 e. The van der Waals surface area contributed by atoms with E-state index < -0.39 is 11.6 Å². The number of fused-ring (bicyclic) bond motifs is 1. The van der Waals surface area contributed by atoms with E-state index >= 15 is 0 Å². The third kappa shape index (κ3) is 5.22. The van der Waals surface area contributed by atoms with Gasteiger partial charge in [-0.3, -0.25) is 4.68 Å². The maximum Gasteiger partial charge on any atom is 0.410 e. The molecule has 3 rings (SSSR count). The molecule has 0 spiro atoms. The lowest BCUT2D eigenvalue weighted by molar-refractivity contribution is -0.148. The largest absolute Gasteiger partial charge is 0.457 e. The van der Waals surface area contributed by atoms with Gasteiger partial charge in [-0.1, -0.05) is 30.3 Å². The fourth-order valence-corrected chi connectivity index (χ4v) is 2.87. The third-order valence-corrected chi connectivity index (χ3v) is 4.17. The molecule has 1 aromatic heterocycles. The van der Waals surface area contributed by atoms with Gasteiger partial charge in [-0.05, 0) is 32.4 Å². The van der Waals surface area contributed by atoms with Gasteiger partial charge in [0.05, 0.1) is 25.0 Å². The van der Waals surface area contributed by atoms with Crippen molar-refractivity contribution in [2.45, 2.75) is 46.1 Å². The quantitative estimate of drug-likeness (QED) is 0.598. The molecule has 2 heterocycles. The summed E-state index contributed by atoms with van der Waals surface area (Å²) in [6.45, 7) is 7.18. The molecule has 0 atom stereocenters. The lowest BCUT2D eigenvalue weighted by Gasteiger charge is -2.27. The molecule has 1 amide bonds. The molecule has 0 bridgehead atoms. The van der Waals surface area contributed by atoms with Crippen LogP contribution in [-0.4, -0.2) is 38.9 Å². The summed E-state index contributed by atoms with van der Waals surface area (Å²) in [4.78, 5) is 26.0. The van der Waals surface area contributed by atoms with Gasteiger partial charge in [0.1, 0.15) is 12.2 Å². The highest BCUT2D eigenvalue weighted by atomic mass is 16.6. The maximum absolute atomic E-state index is 12.4. The van der Waals surface area contributed by atoms with Crippen LogP contribution in [0.2, 0.25) is 0 Å². The van der Waals surface area contributed by atoms with Crippen LogP contribution in [0.4, 0.5) is 4.79 Å². The van der Waals surface area contributed by atoms with Crippen LogP contribution in [0.15, 0.2) is 42.6 Å². The highest BCUT2D eigenvalue weighted by molar-refractivity contribution is 5.87. The molecule has 2 aromatic rings. The summed E-state index contributed by atoms with van der Waals surface area (Å²) in [6.07, 6.45) is 4.38. The number of rotatable bonds is 4. The molecule has 1 aliphatic heterocycles. The molecule has 148 valence electrons. The van der Waals surface area contributed by atoms with Gasteiger partial charge in [-0.15, -0.1) is 0 Å². The van der Waals surface area contributed by atoms with Gasteiger partial charge in [0.15, 0.2) is 0 Å². The molecule has 0 saturated carbocycles. The Morgan fingerprint density at radius 2 is 1.93 bits per heavy atom. The number of aromatic nitrogens is 2. The fraction of sp³-hybridized carbons (Fsp3) is 0.381. The molecule has 1 aliphatic rings. The predicted octanol–water partition coefficient (Wildman–Crippen LogP) is 3.39. The van der Waals surface area contributed by atoms with Gasteiger partial charge in [-0.25, -0.2) is 9.59 Å². The lowest BCUT2D eigenvalue weighted by atomic mass is 10.2. The van der Waals surface area contributed by atoms with Crippen LogP contribution < -0.4 is 0 Å². The van der Waals surface area contributed by atoms with E-state index in [9.17, 15) is 9.59 Å². The van der Waals surface area contributed by atoms with Crippen LogP contribution in [0.3, 0.4) is 0 Å². The van der Waals surface area contributed by atoms with Crippen LogP contribution >= 0.6 is 0 Å². The zero-order valence-corrected chi connectivity index (χ0v) is 16.4. The minimum absolute atomic E-state index is 0.237. The van der Waals surface area contributed by atoms with Crippen molar-refractivity contribution in [1.29, 1.82) is 0 Å². The first-order valence-corrected chi connectivity index (χ1v) is 9.23.